The van der Waals surface area contributed by atoms with Crippen molar-refractivity contribution >= 4 is 17.3 Å². The minimum atomic E-state index is -0.630. The van der Waals surface area contributed by atoms with E-state index in [1.807, 2.05) is 0 Å². The quantitative estimate of drug-likeness (QED) is 0.792. The number of benzene rings is 1. The summed E-state index contributed by atoms with van der Waals surface area (Å²) >= 11 is 0. The summed E-state index contributed by atoms with van der Waals surface area (Å²) in [6.07, 6.45) is 3.88. The van der Waals surface area contributed by atoms with Crippen molar-refractivity contribution in [2.75, 3.05) is 0 Å². The van der Waals surface area contributed by atoms with Gasteiger partial charge in [0.2, 0.25) is 0 Å². The molecule has 0 aliphatic heterocycles. The van der Waals surface area contributed by atoms with Crippen LogP contribution in [0.15, 0.2) is 12.1 Å². The van der Waals surface area contributed by atoms with Crippen molar-refractivity contribution in [2.24, 2.45) is 23.7 Å². The molecule has 4 saturated carbocycles. The molecule has 0 heterocycles. The predicted octanol–water partition coefficient (Wildman–Crippen LogP) is 3.59. The SMILES string of the molecule is CCc1cc(C)cc(CC)c1C1C(=O)[C@H]2[C@@H]3CC[C@@H](C(=O)C3)[C@H]2C1=O. The maximum Gasteiger partial charge on any atom is 0.152 e. The van der Waals surface area contributed by atoms with Crippen molar-refractivity contribution in [3.05, 3.63) is 34.4 Å². The summed E-state index contributed by atoms with van der Waals surface area (Å²) in [7, 11) is 0. The Labute approximate surface area is 149 Å². The summed E-state index contributed by atoms with van der Waals surface area (Å²) in [5.41, 5.74) is 4.40. The smallest absolute Gasteiger partial charge is 0.152 e. The van der Waals surface area contributed by atoms with Gasteiger partial charge in [0.25, 0.3) is 0 Å². The van der Waals surface area contributed by atoms with Crippen molar-refractivity contribution < 1.29 is 14.4 Å². The number of hydrogen-bond acceptors (Lipinski definition) is 3. The molecule has 0 spiro atoms. The summed E-state index contributed by atoms with van der Waals surface area (Å²) in [6, 6.07) is 4.24. The van der Waals surface area contributed by atoms with Gasteiger partial charge in [-0.15, -0.1) is 0 Å². The lowest BCUT2D eigenvalue weighted by molar-refractivity contribution is -0.143. The van der Waals surface area contributed by atoms with Crippen LogP contribution in [0.1, 0.15) is 61.3 Å². The Morgan fingerprint density at radius 2 is 1.52 bits per heavy atom. The first kappa shape index (κ1) is 16.7. The number of hydrogen-bond donors (Lipinski definition) is 0. The third kappa shape index (κ3) is 2.28. The minimum absolute atomic E-state index is 0.0333. The van der Waals surface area contributed by atoms with Gasteiger partial charge >= 0.3 is 0 Å². The molecule has 1 unspecified atom stereocenters. The first-order chi connectivity index (χ1) is 12.0. The van der Waals surface area contributed by atoms with Gasteiger partial charge in [0, 0.05) is 24.2 Å². The van der Waals surface area contributed by atoms with Crippen LogP contribution in [0.3, 0.4) is 0 Å². The third-order valence-corrected chi connectivity index (χ3v) is 6.83. The van der Waals surface area contributed by atoms with E-state index in [1.165, 1.54) is 5.56 Å². The van der Waals surface area contributed by atoms with Crippen LogP contribution in [-0.4, -0.2) is 17.3 Å². The molecule has 132 valence electrons. The molecular formula is C22H26O3. The van der Waals surface area contributed by atoms with E-state index >= 15 is 0 Å². The molecule has 1 aromatic carbocycles. The van der Waals surface area contributed by atoms with Gasteiger partial charge in [-0.25, -0.2) is 0 Å². The highest BCUT2D eigenvalue weighted by Crippen LogP contribution is 2.55. The Morgan fingerprint density at radius 1 is 0.920 bits per heavy atom. The van der Waals surface area contributed by atoms with Gasteiger partial charge in [-0.3, -0.25) is 14.4 Å². The topological polar surface area (TPSA) is 51.2 Å². The van der Waals surface area contributed by atoms with E-state index in [9.17, 15) is 14.4 Å². The number of fused-ring (bicyclic) bond motifs is 2. The lowest BCUT2D eigenvalue weighted by atomic mass is 9.59. The second-order valence-electron chi connectivity index (χ2n) is 8.11. The zero-order valence-corrected chi connectivity index (χ0v) is 15.3. The Hall–Kier alpha value is -1.77. The van der Waals surface area contributed by atoms with Gasteiger partial charge in [-0.1, -0.05) is 31.5 Å². The van der Waals surface area contributed by atoms with Gasteiger partial charge in [-0.2, -0.15) is 0 Å². The average molecular weight is 338 g/mol. The fourth-order valence-electron chi connectivity index (χ4n) is 5.80. The van der Waals surface area contributed by atoms with E-state index in [1.54, 1.807) is 0 Å². The number of carbonyl (C=O) groups excluding carboxylic acids is 3. The van der Waals surface area contributed by atoms with Gasteiger partial charge in [0.05, 0.1) is 0 Å². The molecule has 0 saturated heterocycles. The maximum atomic E-state index is 13.3. The highest BCUT2D eigenvalue weighted by atomic mass is 16.2. The highest BCUT2D eigenvalue weighted by Gasteiger charge is 2.61. The number of rotatable bonds is 3. The van der Waals surface area contributed by atoms with E-state index < -0.39 is 5.92 Å². The summed E-state index contributed by atoms with van der Waals surface area (Å²) in [5.74, 6) is -0.917. The number of aryl methyl sites for hydroxylation is 3. The van der Waals surface area contributed by atoms with Gasteiger partial charge in [-0.05, 0) is 55.2 Å². The Bertz CT molecular complexity index is 750. The van der Waals surface area contributed by atoms with Gasteiger partial charge < -0.3 is 0 Å². The zero-order chi connectivity index (χ0) is 17.9. The lowest BCUT2D eigenvalue weighted by Crippen LogP contribution is -2.46. The van der Waals surface area contributed by atoms with Gasteiger partial charge in [0.15, 0.2) is 11.6 Å². The molecule has 4 aliphatic rings. The second kappa shape index (κ2) is 5.89. The molecule has 1 aromatic rings. The molecule has 3 heteroatoms. The predicted molar refractivity (Wildman–Crippen MR) is 95.5 cm³/mol. The first-order valence-electron chi connectivity index (χ1n) is 9.70. The molecule has 0 aromatic heterocycles. The molecule has 4 aliphatic carbocycles. The van der Waals surface area contributed by atoms with Crippen LogP contribution in [0.2, 0.25) is 0 Å². The zero-order valence-electron chi connectivity index (χ0n) is 15.3. The molecule has 4 fully saturated rings. The molecular weight excluding hydrogens is 312 g/mol. The fraction of sp³-hybridized carbons (Fsp3) is 0.591. The number of carbonyl (C=O) groups is 3. The first-order valence-corrected chi connectivity index (χ1v) is 9.70. The highest BCUT2D eigenvalue weighted by molar-refractivity contribution is 6.18. The Kier molecular flexibility index (Phi) is 3.93. The molecule has 0 amide bonds. The minimum Gasteiger partial charge on any atom is -0.299 e. The van der Waals surface area contributed by atoms with Crippen LogP contribution in [-0.2, 0) is 27.2 Å². The average Bonchev–Trinajstić information content (AvgIpc) is 2.87. The monoisotopic (exact) mass is 338 g/mol. The number of Topliss-reactive ketones (excluding diaryl/α,β-unsaturated/α-hetero) is 3. The number of ketones is 3. The van der Waals surface area contributed by atoms with E-state index in [2.05, 4.69) is 32.9 Å². The van der Waals surface area contributed by atoms with E-state index in [4.69, 9.17) is 0 Å². The Balaban J connectivity index is 1.84. The van der Waals surface area contributed by atoms with Crippen molar-refractivity contribution in [1.29, 1.82) is 0 Å². The second-order valence-corrected chi connectivity index (χ2v) is 8.11. The summed E-state index contributed by atoms with van der Waals surface area (Å²) in [4.78, 5) is 39.0. The van der Waals surface area contributed by atoms with Crippen molar-refractivity contribution in [3.8, 4) is 0 Å². The third-order valence-electron chi connectivity index (χ3n) is 6.83. The van der Waals surface area contributed by atoms with Crippen molar-refractivity contribution in [2.45, 2.75) is 58.8 Å². The van der Waals surface area contributed by atoms with E-state index in [0.717, 1.165) is 42.4 Å². The van der Waals surface area contributed by atoms with Crippen LogP contribution in [0.25, 0.3) is 0 Å². The normalized spacial score (nSPS) is 33.9. The molecule has 2 bridgehead atoms. The van der Waals surface area contributed by atoms with Crippen LogP contribution in [0.4, 0.5) is 0 Å². The lowest BCUT2D eigenvalue weighted by Gasteiger charge is -2.42. The molecule has 25 heavy (non-hydrogen) atoms. The molecule has 0 radical (unpaired) electrons. The van der Waals surface area contributed by atoms with Crippen LogP contribution in [0.5, 0.6) is 0 Å². The standard InChI is InChI=1S/C22H26O3/c1-4-12-8-11(3)9-13(5-2)17(12)20-21(24)18-14-6-7-15(16(23)10-14)19(18)22(20)25/h8-9,14-15,18-20H,4-7,10H2,1-3H3/t14-,15+,18+,19-,20?/m1/s1. The summed E-state index contributed by atoms with van der Waals surface area (Å²) < 4.78 is 0. The van der Waals surface area contributed by atoms with Crippen LogP contribution >= 0.6 is 0 Å². The Morgan fingerprint density at radius 3 is 2.08 bits per heavy atom. The molecule has 5 atom stereocenters. The molecule has 5 rings (SSSR count). The van der Waals surface area contributed by atoms with E-state index in [-0.39, 0.29) is 41.0 Å². The summed E-state index contributed by atoms with van der Waals surface area (Å²) in [6.45, 7) is 6.24. The van der Waals surface area contributed by atoms with Crippen molar-refractivity contribution in [1.82, 2.24) is 0 Å². The van der Waals surface area contributed by atoms with Crippen LogP contribution < -0.4 is 0 Å². The van der Waals surface area contributed by atoms with Crippen molar-refractivity contribution in [3.63, 3.8) is 0 Å². The summed E-state index contributed by atoms with van der Waals surface area (Å²) in [5, 5.41) is 0. The molecule has 3 nitrogen and oxygen atoms in total. The molecule has 0 N–H and O–H groups in total. The van der Waals surface area contributed by atoms with E-state index in [0.29, 0.717) is 6.42 Å². The fourth-order valence-corrected chi connectivity index (χ4v) is 5.80. The largest absolute Gasteiger partial charge is 0.299 e. The van der Waals surface area contributed by atoms with Crippen LogP contribution in [0, 0.1) is 30.6 Å². The van der Waals surface area contributed by atoms with Gasteiger partial charge in [0.1, 0.15) is 11.7 Å². The maximum absolute atomic E-state index is 13.3.